The molecule has 0 aromatic carbocycles. The number of aryl methyl sites for hydroxylation is 1. The SMILES string of the molecule is Cn1ncnc1CC(O)c1cnns1. The molecule has 0 aliphatic heterocycles. The molecule has 1 unspecified atom stereocenters. The molecule has 74 valence electrons. The summed E-state index contributed by atoms with van der Waals surface area (Å²) >= 11 is 1.19. The van der Waals surface area contributed by atoms with E-state index < -0.39 is 6.10 Å². The van der Waals surface area contributed by atoms with Gasteiger partial charge in [-0.3, -0.25) is 4.68 Å². The van der Waals surface area contributed by atoms with Crippen molar-refractivity contribution in [2.24, 2.45) is 7.05 Å². The second-order valence-electron chi connectivity index (χ2n) is 2.84. The first-order valence-electron chi connectivity index (χ1n) is 4.05. The van der Waals surface area contributed by atoms with Gasteiger partial charge in [0.15, 0.2) is 0 Å². The first-order chi connectivity index (χ1) is 6.77. The van der Waals surface area contributed by atoms with Crippen molar-refractivity contribution in [1.82, 2.24) is 24.4 Å². The van der Waals surface area contributed by atoms with Crippen LogP contribution in [0.15, 0.2) is 12.5 Å². The first kappa shape index (κ1) is 9.22. The lowest BCUT2D eigenvalue weighted by Gasteiger charge is -2.05. The molecule has 6 nitrogen and oxygen atoms in total. The van der Waals surface area contributed by atoms with Gasteiger partial charge in [0.1, 0.15) is 12.2 Å². The van der Waals surface area contributed by atoms with Crippen molar-refractivity contribution in [3.63, 3.8) is 0 Å². The summed E-state index contributed by atoms with van der Waals surface area (Å²) in [7, 11) is 1.79. The third-order valence-electron chi connectivity index (χ3n) is 1.89. The van der Waals surface area contributed by atoms with Crippen molar-refractivity contribution in [3.8, 4) is 0 Å². The van der Waals surface area contributed by atoms with E-state index in [2.05, 4.69) is 19.7 Å². The molecule has 1 N–H and O–H groups in total. The average molecular weight is 211 g/mol. The first-order valence-corrected chi connectivity index (χ1v) is 4.83. The molecule has 0 radical (unpaired) electrons. The van der Waals surface area contributed by atoms with E-state index in [1.54, 1.807) is 17.9 Å². The summed E-state index contributed by atoms with van der Waals surface area (Å²) in [5.41, 5.74) is 0. The molecule has 0 fully saturated rings. The Labute approximate surface area is 84.4 Å². The summed E-state index contributed by atoms with van der Waals surface area (Å²) in [6.07, 6.45) is 2.86. The lowest BCUT2D eigenvalue weighted by molar-refractivity contribution is 0.178. The van der Waals surface area contributed by atoms with Gasteiger partial charge in [0, 0.05) is 13.5 Å². The van der Waals surface area contributed by atoms with E-state index in [0.29, 0.717) is 6.42 Å². The van der Waals surface area contributed by atoms with Gasteiger partial charge in [-0.05, 0) is 11.5 Å². The highest BCUT2D eigenvalue weighted by molar-refractivity contribution is 7.05. The molecule has 0 bridgehead atoms. The monoisotopic (exact) mass is 211 g/mol. The zero-order valence-corrected chi connectivity index (χ0v) is 8.35. The zero-order valence-electron chi connectivity index (χ0n) is 7.53. The third kappa shape index (κ3) is 1.78. The molecule has 2 aromatic rings. The number of rotatable bonds is 3. The van der Waals surface area contributed by atoms with Crippen LogP contribution in [0.5, 0.6) is 0 Å². The Morgan fingerprint density at radius 1 is 1.64 bits per heavy atom. The summed E-state index contributed by atoms with van der Waals surface area (Å²) < 4.78 is 5.32. The normalized spacial score (nSPS) is 13.0. The summed E-state index contributed by atoms with van der Waals surface area (Å²) in [6, 6.07) is 0. The van der Waals surface area contributed by atoms with Crippen LogP contribution in [0.1, 0.15) is 16.8 Å². The molecule has 2 aromatic heterocycles. The van der Waals surface area contributed by atoms with E-state index in [0.717, 1.165) is 10.7 Å². The molecular formula is C7H9N5OS. The van der Waals surface area contributed by atoms with Gasteiger partial charge in [-0.25, -0.2) is 4.98 Å². The molecule has 0 aliphatic carbocycles. The maximum atomic E-state index is 9.75. The molecule has 0 saturated carbocycles. The van der Waals surface area contributed by atoms with Gasteiger partial charge in [-0.1, -0.05) is 4.49 Å². The van der Waals surface area contributed by atoms with Crippen molar-refractivity contribution in [2.45, 2.75) is 12.5 Å². The maximum Gasteiger partial charge on any atom is 0.138 e. The highest BCUT2D eigenvalue weighted by Crippen LogP contribution is 2.18. The Balaban J connectivity index is 2.09. The van der Waals surface area contributed by atoms with E-state index in [4.69, 9.17) is 0 Å². The maximum absolute atomic E-state index is 9.75. The highest BCUT2D eigenvalue weighted by atomic mass is 32.1. The molecule has 14 heavy (non-hydrogen) atoms. The Morgan fingerprint density at radius 2 is 2.50 bits per heavy atom. The molecule has 0 spiro atoms. The second kappa shape index (κ2) is 3.81. The fraction of sp³-hybridized carbons (Fsp3) is 0.429. The van der Waals surface area contributed by atoms with Crippen LogP contribution in [0.3, 0.4) is 0 Å². The van der Waals surface area contributed by atoms with Crippen molar-refractivity contribution in [3.05, 3.63) is 23.2 Å². The fourth-order valence-corrected chi connectivity index (χ4v) is 1.59. The molecule has 7 heteroatoms. The van der Waals surface area contributed by atoms with Gasteiger partial charge in [0.25, 0.3) is 0 Å². The van der Waals surface area contributed by atoms with Gasteiger partial charge in [-0.15, -0.1) is 5.10 Å². The summed E-state index contributed by atoms with van der Waals surface area (Å²) in [5, 5.41) is 17.3. The number of hydrogen-bond donors (Lipinski definition) is 1. The molecule has 2 rings (SSSR count). The number of nitrogens with zero attached hydrogens (tertiary/aromatic N) is 5. The van der Waals surface area contributed by atoms with Crippen LogP contribution in [-0.2, 0) is 13.5 Å². The highest BCUT2D eigenvalue weighted by Gasteiger charge is 2.13. The van der Waals surface area contributed by atoms with Crippen molar-refractivity contribution in [1.29, 1.82) is 0 Å². The van der Waals surface area contributed by atoms with E-state index in [9.17, 15) is 5.11 Å². The molecule has 0 saturated heterocycles. The Morgan fingerprint density at radius 3 is 3.07 bits per heavy atom. The topological polar surface area (TPSA) is 76.7 Å². The van der Waals surface area contributed by atoms with E-state index in [-0.39, 0.29) is 0 Å². The van der Waals surface area contributed by atoms with Crippen LogP contribution in [-0.4, -0.2) is 29.5 Å². The molecule has 1 atom stereocenters. The Bertz CT molecular complexity index is 398. The minimum Gasteiger partial charge on any atom is -0.387 e. The summed E-state index contributed by atoms with van der Waals surface area (Å²) in [4.78, 5) is 4.76. The van der Waals surface area contributed by atoms with E-state index in [1.807, 2.05) is 0 Å². The van der Waals surface area contributed by atoms with Crippen LogP contribution in [0.25, 0.3) is 0 Å². The van der Waals surface area contributed by atoms with Crippen LogP contribution < -0.4 is 0 Å². The predicted molar refractivity (Wildman–Crippen MR) is 49.6 cm³/mol. The minimum absolute atomic E-state index is 0.431. The van der Waals surface area contributed by atoms with Crippen LogP contribution in [0.2, 0.25) is 0 Å². The fourth-order valence-electron chi connectivity index (χ4n) is 1.10. The van der Waals surface area contributed by atoms with E-state index in [1.165, 1.54) is 17.9 Å². The third-order valence-corrected chi connectivity index (χ3v) is 2.65. The molecular weight excluding hydrogens is 202 g/mol. The number of hydrogen-bond acceptors (Lipinski definition) is 6. The van der Waals surface area contributed by atoms with Crippen LogP contribution in [0.4, 0.5) is 0 Å². The van der Waals surface area contributed by atoms with Crippen molar-refractivity contribution < 1.29 is 5.11 Å². The van der Waals surface area contributed by atoms with Crippen molar-refractivity contribution >= 4 is 11.5 Å². The second-order valence-corrected chi connectivity index (χ2v) is 3.66. The van der Waals surface area contributed by atoms with Gasteiger partial charge in [0.2, 0.25) is 0 Å². The molecule has 0 amide bonds. The average Bonchev–Trinajstić information content (AvgIpc) is 2.77. The predicted octanol–water partition coefficient (Wildman–Crippen LogP) is -0.0573. The van der Waals surface area contributed by atoms with Gasteiger partial charge in [-0.2, -0.15) is 5.10 Å². The van der Waals surface area contributed by atoms with Gasteiger partial charge >= 0.3 is 0 Å². The zero-order chi connectivity index (χ0) is 9.97. The largest absolute Gasteiger partial charge is 0.387 e. The summed E-state index contributed by atoms with van der Waals surface area (Å²) in [5.74, 6) is 0.742. The lowest BCUT2D eigenvalue weighted by atomic mass is 10.2. The van der Waals surface area contributed by atoms with Crippen molar-refractivity contribution in [2.75, 3.05) is 0 Å². The lowest BCUT2D eigenvalue weighted by Crippen LogP contribution is -2.06. The van der Waals surface area contributed by atoms with E-state index >= 15 is 0 Å². The number of aromatic nitrogens is 5. The van der Waals surface area contributed by atoms with Crippen LogP contribution >= 0.6 is 11.5 Å². The number of aliphatic hydroxyl groups is 1. The number of aliphatic hydroxyl groups excluding tert-OH is 1. The minimum atomic E-state index is -0.599. The summed E-state index contributed by atoms with van der Waals surface area (Å²) in [6.45, 7) is 0. The van der Waals surface area contributed by atoms with Gasteiger partial charge in [0.05, 0.1) is 17.2 Å². The standard InChI is InChI=1S/C7H9N5OS/c1-12-7(8-4-10-12)2-5(13)6-3-9-11-14-6/h3-5,13H,2H2,1H3. The Kier molecular flexibility index (Phi) is 2.51. The Hall–Kier alpha value is -1.34. The molecule has 2 heterocycles. The van der Waals surface area contributed by atoms with Crippen LogP contribution in [0, 0.1) is 0 Å². The van der Waals surface area contributed by atoms with Gasteiger partial charge < -0.3 is 5.11 Å². The quantitative estimate of drug-likeness (QED) is 0.769. The molecule has 0 aliphatic rings. The smallest absolute Gasteiger partial charge is 0.138 e.